The predicted molar refractivity (Wildman–Crippen MR) is 154 cm³/mol. The molecule has 6 rings (SSSR count). The Morgan fingerprint density at radius 1 is 0.971 bits per heavy atom. The summed E-state index contributed by atoms with van der Waals surface area (Å²) in [5.41, 5.74) is 3.95. The summed E-state index contributed by atoms with van der Waals surface area (Å²) in [6.45, 7) is 22.3. The highest BCUT2D eigenvalue weighted by Crippen LogP contribution is 2.74. The predicted octanol–water partition coefficient (Wildman–Crippen LogP) is 10.9. The van der Waals surface area contributed by atoms with Crippen molar-refractivity contribution in [3.05, 3.63) is 24.3 Å². The molecule has 8 unspecified atom stereocenters. The average molecular weight is 481 g/mol. The van der Waals surface area contributed by atoms with Crippen molar-refractivity contribution in [3.63, 3.8) is 0 Å². The summed E-state index contributed by atoms with van der Waals surface area (Å²) in [4.78, 5) is 0. The van der Waals surface area contributed by atoms with Crippen LogP contribution < -0.4 is 0 Å². The molecule has 200 valence electrons. The summed E-state index contributed by atoms with van der Waals surface area (Å²) < 4.78 is 0. The summed E-state index contributed by atoms with van der Waals surface area (Å²) >= 11 is 0. The van der Waals surface area contributed by atoms with Crippen LogP contribution in [-0.4, -0.2) is 0 Å². The maximum Gasteiger partial charge on any atom is -0.00851 e. The zero-order chi connectivity index (χ0) is 25.6. The maximum atomic E-state index is 3.36. The molecule has 0 bridgehead atoms. The fourth-order valence-corrected chi connectivity index (χ4v) is 10.6. The van der Waals surface area contributed by atoms with Crippen LogP contribution in [0.1, 0.15) is 132 Å². The van der Waals surface area contributed by atoms with Gasteiger partial charge in [0.2, 0.25) is 0 Å². The van der Waals surface area contributed by atoms with Crippen molar-refractivity contribution in [1.29, 1.82) is 0 Å². The molecule has 0 aromatic carbocycles. The second kappa shape index (κ2) is 10.3. The quantitative estimate of drug-likeness (QED) is 0.327. The van der Waals surface area contributed by atoms with Crippen molar-refractivity contribution < 1.29 is 0 Å². The molecule has 0 amide bonds. The summed E-state index contributed by atoms with van der Waals surface area (Å²) in [6, 6.07) is 0. The molecule has 5 fully saturated rings. The summed E-state index contributed by atoms with van der Waals surface area (Å²) in [5.74, 6) is 8.11. The molecule has 35 heavy (non-hydrogen) atoms. The van der Waals surface area contributed by atoms with E-state index in [9.17, 15) is 0 Å². The van der Waals surface area contributed by atoms with E-state index in [1.54, 1.807) is 51.0 Å². The van der Waals surface area contributed by atoms with Crippen LogP contribution in [0, 0.1) is 63.6 Å². The topological polar surface area (TPSA) is 0 Å². The lowest BCUT2D eigenvalue weighted by Gasteiger charge is -2.58. The minimum atomic E-state index is 0.569. The van der Waals surface area contributed by atoms with E-state index in [1.165, 1.54) is 32.1 Å². The standard InChI is InChI=1S/C27H42.C5H12.C3H6/c1-17-7-9-25(3)20(11-17)5-6-21-22(25)8-10-26(4)23(21)12-19-15-27(16-24(19)26)13-18(2)14-27;1-4-5(2)3;1-3-2/h5,17-19,21-24H,6-16H2,1-4H3;5H,4H2,1-3H3;3H,1H2,2H3. The first-order valence-electron chi connectivity index (χ1n) is 15.8. The molecule has 8 atom stereocenters. The summed E-state index contributed by atoms with van der Waals surface area (Å²) in [7, 11) is 0. The number of fused-ring (bicyclic) bond motifs is 7. The van der Waals surface area contributed by atoms with E-state index >= 15 is 0 Å². The number of hydrogen-bond donors (Lipinski definition) is 0. The Morgan fingerprint density at radius 2 is 1.63 bits per heavy atom. The SMILES string of the molecule is C=CC.CC1CCC2(C)C(=CCC3C2CCC2(C)C4CC5(CC(C)C5)CC4CC32)C1.CCC(C)C. The summed E-state index contributed by atoms with van der Waals surface area (Å²) in [6.07, 6.45) is 22.7. The number of rotatable bonds is 1. The monoisotopic (exact) mass is 480 g/mol. The molecule has 6 aliphatic carbocycles. The van der Waals surface area contributed by atoms with E-state index in [4.69, 9.17) is 0 Å². The highest BCUT2D eigenvalue weighted by Gasteiger charge is 2.65. The van der Waals surface area contributed by atoms with Gasteiger partial charge in [-0.2, -0.15) is 0 Å². The first-order chi connectivity index (χ1) is 16.5. The first-order valence-corrected chi connectivity index (χ1v) is 15.8. The Bertz CT molecular complexity index is 765. The lowest BCUT2D eigenvalue weighted by atomic mass is 9.46. The lowest BCUT2D eigenvalue weighted by Crippen LogP contribution is -2.50. The molecular weight excluding hydrogens is 420 g/mol. The Labute approximate surface area is 220 Å². The van der Waals surface area contributed by atoms with Crippen molar-refractivity contribution in [2.75, 3.05) is 0 Å². The summed E-state index contributed by atoms with van der Waals surface area (Å²) in [5, 5.41) is 0. The molecule has 1 spiro atoms. The first kappa shape index (κ1) is 27.5. The smallest absolute Gasteiger partial charge is 0.00851 e. The van der Waals surface area contributed by atoms with Crippen LogP contribution in [0.25, 0.3) is 0 Å². The van der Waals surface area contributed by atoms with Crippen LogP contribution in [0.3, 0.4) is 0 Å². The Balaban J connectivity index is 0.000000319. The van der Waals surface area contributed by atoms with Gasteiger partial charge in [-0.05, 0) is 141 Å². The normalized spacial score (nSPS) is 49.2. The molecular formula is C35H60. The molecule has 0 saturated heterocycles. The lowest BCUT2D eigenvalue weighted by molar-refractivity contribution is -0.0540. The fourth-order valence-electron chi connectivity index (χ4n) is 10.6. The molecule has 0 radical (unpaired) electrons. The van der Waals surface area contributed by atoms with Crippen molar-refractivity contribution in [2.45, 2.75) is 132 Å². The van der Waals surface area contributed by atoms with Gasteiger partial charge in [0.15, 0.2) is 0 Å². The molecule has 0 heteroatoms. The van der Waals surface area contributed by atoms with E-state index in [0.717, 1.165) is 52.8 Å². The van der Waals surface area contributed by atoms with Crippen LogP contribution in [0.15, 0.2) is 24.3 Å². The minimum absolute atomic E-state index is 0.569. The Kier molecular flexibility index (Phi) is 8.12. The number of hydrogen-bond acceptors (Lipinski definition) is 0. The van der Waals surface area contributed by atoms with Gasteiger partial charge in [0.1, 0.15) is 0 Å². The van der Waals surface area contributed by atoms with Crippen molar-refractivity contribution in [2.24, 2.45) is 63.6 Å². The molecule has 0 heterocycles. The van der Waals surface area contributed by atoms with Gasteiger partial charge in [-0.1, -0.05) is 72.6 Å². The van der Waals surface area contributed by atoms with Crippen LogP contribution in [0.4, 0.5) is 0 Å². The second-order valence-electron chi connectivity index (χ2n) is 15.4. The van der Waals surface area contributed by atoms with E-state index in [0.29, 0.717) is 10.8 Å². The van der Waals surface area contributed by atoms with Gasteiger partial charge in [-0.25, -0.2) is 0 Å². The van der Waals surface area contributed by atoms with E-state index < -0.39 is 0 Å². The van der Waals surface area contributed by atoms with Gasteiger partial charge in [-0.15, -0.1) is 6.58 Å². The highest BCUT2D eigenvalue weighted by atomic mass is 14.7. The molecule has 0 nitrogen and oxygen atoms in total. The van der Waals surface area contributed by atoms with Gasteiger partial charge in [0.05, 0.1) is 0 Å². The molecule has 0 N–H and O–H groups in total. The van der Waals surface area contributed by atoms with Crippen LogP contribution in [-0.2, 0) is 0 Å². The number of allylic oxidation sites excluding steroid dienone is 3. The third-order valence-corrected chi connectivity index (χ3v) is 12.5. The van der Waals surface area contributed by atoms with Crippen molar-refractivity contribution in [3.8, 4) is 0 Å². The third-order valence-electron chi connectivity index (χ3n) is 12.5. The maximum absolute atomic E-state index is 3.36. The van der Waals surface area contributed by atoms with Crippen LogP contribution in [0.5, 0.6) is 0 Å². The molecule has 0 aromatic heterocycles. The Hall–Kier alpha value is -0.520. The average Bonchev–Trinajstić information content (AvgIpc) is 3.29. The van der Waals surface area contributed by atoms with E-state index in [2.05, 4.69) is 61.1 Å². The van der Waals surface area contributed by atoms with Gasteiger partial charge < -0.3 is 0 Å². The molecule has 5 saturated carbocycles. The van der Waals surface area contributed by atoms with Gasteiger partial charge in [-0.3, -0.25) is 0 Å². The zero-order valence-electron chi connectivity index (χ0n) is 25.0. The molecule has 0 aliphatic heterocycles. The second-order valence-corrected chi connectivity index (χ2v) is 15.4. The molecule has 0 aromatic rings. The van der Waals surface area contributed by atoms with Gasteiger partial charge in [0.25, 0.3) is 0 Å². The Morgan fingerprint density at radius 3 is 2.23 bits per heavy atom. The van der Waals surface area contributed by atoms with Crippen molar-refractivity contribution in [1.82, 2.24) is 0 Å². The molecule has 6 aliphatic rings. The van der Waals surface area contributed by atoms with Crippen molar-refractivity contribution >= 4 is 0 Å². The van der Waals surface area contributed by atoms with Crippen LogP contribution >= 0.6 is 0 Å². The van der Waals surface area contributed by atoms with E-state index in [-0.39, 0.29) is 0 Å². The van der Waals surface area contributed by atoms with Gasteiger partial charge >= 0.3 is 0 Å². The zero-order valence-corrected chi connectivity index (χ0v) is 25.0. The minimum Gasteiger partial charge on any atom is -0.103 e. The van der Waals surface area contributed by atoms with Gasteiger partial charge in [0, 0.05) is 0 Å². The third kappa shape index (κ3) is 4.88. The largest absolute Gasteiger partial charge is 0.103 e. The highest BCUT2D eigenvalue weighted by molar-refractivity contribution is 5.25. The fraction of sp³-hybridized carbons (Fsp3) is 0.886. The van der Waals surface area contributed by atoms with E-state index in [1.807, 2.05) is 12.5 Å². The van der Waals surface area contributed by atoms with Crippen LogP contribution in [0.2, 0.25) is 0 Å².